The minimum absolute atomic E-state index is 0.0931. The standard InChI is InChI=1S/C15H24N2O3S/c1-12-9-13(2)11-14(10-12)5-7-17-15(18)16-6-4-8-21(3,19)20/h9-11H,4-8H2,1-3H3,(H2,16,17,18). The molecule has 6 heteroatoms. The molecule has 118 valence electrons. The topological polar surface area (TPSA) is 75.3 Å². The molecule has 5 nitrogen and oxygen atoms in total. The van der Waals surface area contributed by atoms with Gasteiger partial charge in [-0.15, -0.1) is 0 Å². The van der Waals surface area contributed by atoms with E-state index in [9.17, 15) is 13.2 Å². The number of hydrogen-bond donors (Lipinski definition) is 2. The lowest BCUT2D eigenvalue weighted by molar-refractivity contribution is 0.241. The highest BCUT2D eigenvalue weighted by molar-refractivity contribution is 7.90. The first kappa shape index (κ1) is 17.5. The van der Waals surface area contributed by atoms with E-state index in [1.165, 1.54) is 22.9 Å². The van der Waals surface area contributed by atoms with Crippen LogP contribution in [0.3, 0.4) is 0 Å². The molecule has 0 aliphatic heterocycles. The van der Waals surface area contributed by atoms with Crippen LogP contribution in [0.1, 0.15) is 23.1 Å². The minimum Gasteiger partial charge on any atom is -0.338 e. The number of carbonyl (C=O) groups is 1. The maximum Gasteiger partial charge on any atom is 0.314 e. The predicted octanol–water partition coefficient (Wildman–Crippen LogP) is 1.58. The minimum atomic E-state index is -2.95. The first-order valence-corrected chi connectivity index (χ1v) is 9.09. The Labute approximate surface area is 127 Å². The van der Waals surface area contributed by atoms with Crippen molar-refractivity contribution >= 4 is 15.9 Å². The average Bonchev–Trinajstić information content (AvgIpc) is 2.32. The Morgan fingerprint density at radius 3 is 2.19 bits per heavy atom. The van der Waals surface area contributed by atoms with Gasteiger partial charge in [0.15, 0.2) is 0 Å². The third-order valence-corrected chi connectivity index (χ3v) is 3.99. The van der Waals surface area contributed by atoms with Crippen molar-refractivity contribution in [1.29, 1.82) is 0 Å². The van der Waals surface area contributed by atoms with Gasteiger partial charge in [-0.3, -0.25) is 0 Å². The summed E-state index contributed by atoms with van der Waals surface area (Å²) in [6.07, 6.45) is 2.40. The molecule has 0 bridgehead atoms. The second-order valence-corrected chi connectivity index (χ2v) is 7.67. The molecule has 0 unspecified atom stereocenters. The van der Waals surface area contributed by atoms with Gasteiger partial charge >= 0.3 is 6.03 Å². The molecule has 0 atom stereocenters. The Balaban J connectivity index is 2.21. The first-order chi connectivity index (χ1) is 9.76. The summed E-state index contributed by atoms with van der Waals surface area (Å²) in [5, 5.41) is 5.42. The van der Waals surface area contributed by atoms with Crippen molar-refractivity contribution in [3.05, 3.63) is 34.9 Å². The van der Waals surface area contributed by atoms with Crippen LogP contribution in [0.15, 0.2) is 18.2 Å². The van der Waals surface area contributed by atoms with Gasteiger partial charge in [-0.25, -0.2) is 13.2 Å². The predicted molar refractivity (Wildman–Crippen MR) is 85.3 cm³/mol. The third-order valence-electron chi connectivity index (χ3n) is 2.96. The maximum absolute atomic E-state index is 11.5. The summed E-state index contributed by atoms with van der Waals surface area (Å²) in [6.45, 7) is 5.03. The van der Waals surface area contributed by atoms with Gasteiger partial charge in [0.2, 0.25) is 0 Å². The van der Waals surface area contributed by atoms with Gasteiger partial charge in [0.25, 0.3) is 0 Å². The average molecular weight is 312 g/mol. The second-order valence-electron chi connectivity index (χ2n) is 5.41. The number of sulfone groups is 1. The van der Waals surface area contributed by atoms with Crippen molar-refractivity contribution in [1.82, 2.24) is 10.6 Å². The largest absolute Gasteiger partial charge is 0.338 e. The molecule has 2 amide bonds. The molecule has 0 fully saturated rings. The van der Waals surface area contributed by atoms with E-state index in [1.807, 2.05) is 0 Å². The number of aryl methyl sites for hydroxylation is 2. The smallest absolute Gasteiger partial charge is 0.314 e. The molecule has 0 saturated heterocycles. The van der Waals surface area contributed by atoms with E-state index < -0.39 is 9.84 Å². The summed E-state index contributed by atoms with van der Waals surface area (Å²) in [5.74, 6) is 0.0931. The number of hydrogen-bond acceptors (Lipinski definition) is 3. The van der Waals surface area contributed by atoms with Gasteiger partial charge < -0.3 is 10.6 Å². The molecule has 0 spiro atoms. The van der Waals surface area contributed by atoms with Crippen molar-refractivity contribution in [2.75, 3.05) is 25.1 Å². The van der Waals surface area contributed by atoms with E-state index in [0.29, 0.717) is 19.5 Å². The van der Waals surface area contributed by atoms with Crippen LogP contribution < -0.4 is 10.6 Å². The molecule has 0 heterocycles. The summed E-state index contributed by atoms with van der Waals surface area (Å²) >= 11 is 0. The SMILES string of the molecule is Cc1cc(C)cc(CCNC(=O)NCCCS(C)(=O)=O)c1. The van der Waals surface area contributed by atoms with Gasteiger partial charge in [-0.1, -0.05) is 29.3 Å². The lowest BCUT2D eigenvalue weighted by Crippen LogP contribution is -2.37. The van der Waals surface area contributed by atoms with E-state index in [4.69, 9.17) is 0 Å². The summed E-state index contributed by atoms with van der Waals surface area (Å²) < 4.78 is 21.9. The van der Waals surface area contributed by atoms with Gasteiger partial charge in [-0.05, 0) is 32.3 Å². The Bertz CT molecular complexity index is 562. The van der Waals surface area contributed by atoms with Gasteiger partial charge in [-0.2, -0.15) is 0 Å². The Morgan fingerprint density at radius 2 is 1.62 bits per heavy atom. The molecular formula is C15H24N2O3S. The zero-order chi connectivity index (χ0) is 15.9. The number of urea groups is 1. The summed E-state index contributed by atoms with van der Waals surface area (Å²) in [6, 6.07) is 6.08. The fraction of sp³-hybridized carbons (Fsp3) is 0.533. The number of rotatable bonds is 7. The fourth-order valence-corrected chi connectivity index (χ4v) is 2.80. The highest BCUT2D eigenvalue weighted by Gasteiger charge is 2.03. The number of benzene rings is 1. The second kappa shape index (κ2) is 8.02. The highest BCUT2D eigenvalue weighted by Crippen LogP contribution is 2.08. The van der Waals surface area contributed by atoms with Crippen molar-refractivity contribution < 1.29 is 13.2 Å². The van der Waals surface area contributed by atoms with Gasteiger partial charge in [0, 0.05) is 19.3 Å². The molecule has 1 aromatic carbocycles. The molecule has 0 aliphatic rings. The molecular weight excluding hydrogens is 288 g/mol. The van der Waals surface area contributed by atoms with Crippen molar-refractivity contribution in [3.63, 3.8) is 0 Å². The molecule has 0 saturated carbocycles. The van der Waals surface area contributed by atoms with Crippen LogP contribution in [-0.4, -0.2) is 39.5 Å². The van der Waals surface area contributed by atoms with Crippen molar-refractivity contribution in [2.45, 2.75) is 26.7 Å². The molecule has 0 aliphatic carbocycles. The maximum atomic E-state index is 11.5. The monoisotopic (exact) mass is 312 g/mol. The van der Waals surface area contributed by atoms with Crippen LogP contribution in [0.4, 0.5) is 4.79 Å². The zero-order valence-corrected chi connectivity index (χ0v) is 13.7. The van der Waals surface area contributed by atoms with E-state index in [0.717, 1.165) is 6.42 Å². The van der Waals surface area contributed by atoms with Gasteiger partial charge in [0.1, 0.15) is 9.84 Å². The lowest BCUT2D eigenvalue weighted by atomic mass is 10.1. The normalized spacial score (nSPS) is 11.2. The first-order valence-electron chi connectivity index (χ1n) is 7.03. The molecule has 21 heavy (non-hydrogen) atoms. The molecule has 0 aromatic heterocycles. The van der Waals surface area contributed by atoms with E-state index in [2.05, 4.69) is 42.7 Å². The molecule has 1 aromatic rings. The van der Waals surface area contributed by atoms with Gasteiger partial charge in [0.05, 0.1) is 5.75 Å². The van der Waals surface area contributed by atoms with Crippen LogP contribution in [0.25, 0.3) is 0 Å². The van der Waals surface area contributed by atoms with Crippen LogP contribution in [0.2, 0.25) is 0 Å². The summed E-state index contributed by atoms with van der Waals surface area (Å²) in [5.41, 5.74) is 3.63. The van der Waals surface area contributed by atoms with Crippen molar-refractivity contribution in [2.24, 2.45) is 0 Å². The quantitative estimate of drug-likeness (QED) is 0.751. The van der Waals surface area contributed by atoms with E-state index in [-0.39, 0.29) is 11.8 Å². The molecule has 1 rings (SSSR count). The Morgan fingerprint density at radius 1 is 1.05 bits per heavy atom. The van der Waals surface area contributed by atoms with Crippen LogP contribution in [0.5, 0.6) is 0 Å². The molecule has 2 N–H and O–H groups in total. The lowest BCUT2D eigenvalue weighted by Gasteiger charge is -2.08. The number of carbonyl (C=O) groups excluding carboxylic acids is 1. The summed E-state index contributed by atoms with van der Waals surface area (Å²) in [4.78, 5) is 11.5. The van der Waals surface area contributed by atoms with E-state index in [1.54, 1.807) is 0 Å². The van der Waals surface area contributed by atoms with Crippen LogP contribution >= 0.6 is 0 Å². The zero-order valence-electron chi connectivity index (χ0n) is 12.9. The summed E-state index contributed by atoms with van der Waals surface area (Å²) in [7, 11) is -2.95. The van der Waals surface area contributed by atoms with Crippen LogP contribution in [0, 0.1) is 13.8 Å². The third kappa shape index (κ3) is 8.34. The Hall–Kier alpha value is -1.56. The number of nitrogens with one attached hydrogen (secondary N) is 2. The highest BCUT2D eigenvalue weighted by atomic mass is 32.2. The van der Waals surface area contributed by atoms with E-state index >= 15 is 0 Å². The van der Waals surface area contributed by atoms with Crippen molar-refractivity contribution in [3.8, 4) is 0 Å². The fourth-order valence-electron chi connectivity index (χ4n) is 2.13. The number of amides is 2. The Kier molecular flexibility index (Phi) is 6.68. The molecule has 0 radical (unpaired) electrons. The van der Waals surface area contributed by atoms with Crippen LogP contribution in [-0.2, 0) is 16.3 Å².